The van der Waals surface area contributed by atoms with Crippen LogP contribution in [0.1, 0.15) is 34.1 Å². The molecule has 0 aromatic heterocycles. The predicted octanol–water partition coefficient (Wildman–Crippen LogP) is 2.36. The van der Waals surface area contributed by atoms with Gasteiger partial charge in [-0.05, 0) is 51.7 Å². The normalized spacial score (nSPS) is 26.6. The average Bonchev–Trinajstić information content (AvgIpc) is 3.20. The Balaban J connectivity index is 1.72. The van der Waals surface area contributed by atoms with E-state index in [2.05, 4.69) is 0 Å². The van der Waals surface area contributed by atoms with E-state index >= 15 is 0 Å². The molecule has 2 fully saturated rings. The van der Waals surface area contributed by atoms with Crippen LogP contribution in [0.15, 0.2) is 12.1 Å². The van der Waals surface area contributed by atoms with Crippen LogP contribution >= 0.6 is 0 Å². The van der Waals surface area contributed by atoms with Crippen LogP contribution in [0.4, 0.5) is 8.78 Å². The highest BCUT2D eigenvalue weighted by molar-refractivity contribution is 6.62. The van der Waals surface area contributed by atoms with Gasteiger partial charge in [0.2, 0.25) is 0 Å². The first-order valence-electron chi connectivity index (χ1n) is 8.22. The zero-order valence-electron chi connectivity index (χ0n) is 14.6. The Hall–Kier alpha value is -1.67. The molecule has 25 heavy (non-hydrogen) atoms. The molecule has 0 radical (unpaired) electrons. The van der Waals surface area contributed by atoms with Gasteiger partial charge in [0.25, 0.3) is 0 Å². The summed E-state index contributed by atoms with van der Waals surface area (Å²) in [6.07, 6.45) is 0.463. The smallest absolute Gasteiger partial charge is 0.487 e. The minimum Gasteiger partial charge on any atom is -0.487 e. The molecule has 8 heteroatoms. The summed E-state index contributed by atoms with van der Waals surface area (Å²) in [5.74, 6) is -3.84. The zero-order chi connectivity index (χ0) is 18.6. The number of halogens is 2. The standard InChI is InChI=1S/C17H21BF2O5/c1-16(2)17(3,4)25-18(24-16)10-6-12(19)14(13(20)7-10)23-8-9-5-11(9)15(21)22/h6-7,9,11H,5,8H2,1-4H3,(H,21,22). The van der Waals surface area contributed by atoms with Crippen molar-refractivity contribution in [3.63, 3.8) is 0 Å². The summed E-state index contributed by atoms with van der Waals surface area (Å²) in [5, 5.41) is 8.84. The fourth-order valence-electron chi connectivity index (χ4n) is 2.76. The van der Waals surface area contributed by atoms with E-state index < -0.39 is 47.6 Å². The van der Waals surface area contributed by atoms with Gasteiger partial charge in [0.15, 0.2) is 17.4 Å². The number of carboxylic acids is 1. The molecule has 5 nitrogen and oxygen atoms in total. The van der Waals surface area contributed by atoms with Crippen molar-refractivity contribution in [2.75, 3.05) is 6.61 Å². The molecule has 1 heterocycles. The monoisotopic (exact) mass is 354 g/mol. The lowest BCUT2D eigenvalue weighted by atomic mass is 9.79. The van der Waals surface area contributed by atoms with Gasteiger partial charge >= 0.3 is 13.1 Å². The third kappa shape index (κ3) is 3.37. The van der Waals surface area contributed by atoms with Gasteiger partial charge in [-0.3, -0.25) is 4.79 Å². The van der Waals surface area contributed by atoms with Gasteiger partial charge < -0.3 is 19.2 Å². The summed E-state index contributed by atoms with van der Waals surface area (Å²) in [6.45, 7) is 7.38. The van der Waals surface area contributed by atoms with Gasteiger partial charge in [-0.1, -0.05) is 0 Å². The van der Waals surface area contributed by atoms with Gasteiger partial charge in [-0.2, -0.15) is 0 Å². The van der Waals surface area contributed by atoms with Gasteiger partial charge in [0.05, 0.1) is 23.7 Å². The van der Waals surface area contributed by atoms with E-state index in [1.807, 2.05) is 27.7 Å². The number of benzene rings is 1. The Morgan fingerprint density at radius 1 is 1.24 bits per heavy atom. The molecule has 3 rings (SSSR count). The molecule has 0 amide bonds. The molecule has 2 aliphatic rings. The van der Waals surface area contributed by atoms with Crippen molar-refractivity contribution < 1.29 is 32.7 Å². The van der Waals surface area contributed by atoms with E-state index in [0.29, 0.717) is 6.42 Å². The number of hydrogen-bond donors (Lipinski definition) is 1. The number of carbonyl (C=O) groups is 1. The maximum atomic E-state index is 14.3. The van der Waals surface area contributed by atoms with E-state index in [-0.39, 0.29) is 18.0 Å². The molecular formula is C17H21BF2O5. The van der Waals surface area contributed by atoms with Crippen molar-refractivity contribution in [3.05, 3.63) is 23.8 Å². The maximum Gasteiger partial charge on any atom is 0.495 e. The first-order chi connectivity index (χ1) is 11.5. The lowest BCUT2D eigenvalue weighted by Gasteiger charge is -2.32. The largest absolute Gasteiger partial charge is 0.495 e. The molecule has 1 saturated heterocycles. The Bertz CT molecular complexity index is 667. The van der Waals surface area contributed by atoms with Crippen molar-refractivity contribution in [1.82, 2.24) is 0 Å². The van der Waals surface area contributed by atoms with Crippen LogP contribution in [0.25, 0.3) is 0 Å². The third-order valence-electron chi connectivity index (χ3n) is 5.23. The molecule has 1 aromatic rings. The SMILES string of the molecule is CC1(C)OB(c2cc(F)c(OCC3CC3C(=O)O)c(F)c2)OC1(C)C. The Labute approximate surface area is 145 Å². The topological polar surface area (TPSA) is 65.0 Å². The van der Waals surface area contributed by atoms with Crippen molar-refractivity contribution in [2.24, 2.45) is 11.8 Å². The molecule has 1 N–H and O–H groups in total. The van der Waals surface area contributed by atoms with Crippen LogP contribution in [0.2, 0.25) is 0 Å². The van der Waals surface area contributed by atoms with E-state index in [4.69, 9.17) is 19.2 Å². The predicted molar refractivity (Wildman–Crippen MR) is 86.8 cm³/mol. The van der Waals surface area contributed by atoms with Crippen LogP contribution in [-0.4, -0.2) is 36.0 Å². The Morgan fingerprint density at radius 2 is 1.76 bits per heavy atom. The van der Waals surface area contributed by atoms with Gasteiger partial charge in [0.1, 0.15) is 0 Å². The molecule has 136 valence electrons. The number of ether oxygens (including phenoxy) is 1. The summed E-state index contributed by atoms with van der Waals surface area (Å²) in [5.41, 5.74) is -0.995. The van der Waals surface area contributed by atoms with E-state index in [9.17, 15) is 13.6 Å². The van der Waals surface area contributed by atoms with E-state index in [0.717, 1.165) is 12.1 Å². The number of aliphatic carboxylic acids is 1. The molecule has 1 aliphatic carbocycles. The lowest BCUT2D eigenvalue weighted by molar-refractivity contribution is -0.138. The average molecular weight is 354 g/mol. The molecule has 1 saturated carbocycles. The van der Waals surface area contributed by atoms with E-state index in [1.54, 1.807) is 0 Å². The van der Waals surface area contributed by atoms with Crippen molar-refractivity contribution in [1.29, 1.82) is 0 Å². The minimum atomic E-state index is -0.911. The van der Waals surface area contributed by atoms with Crippen molar-refractivity contribution in [2.45, 2.75) is 45.3 Å². The molecule has 0 bridgehead atoms. The first kappa shape index (κ1) is 18.1. The summed E-state index contributed by atoms with van der Waals surface area (Å²) >= 11 is 0. The molecule has 1 aliphatic heterocycles. The second-order valence-corrected chi connectivity index (χ2v) is 7.65. The van der Waals surface area contributed by atoms with Crippen molar-refractivity contribution >= 4 is 18.6 Å². The zero-order valence-corrected chi connectivity index (χ0v) is 14.6. The second kappa shape index (κ2) is 5.95. The Kier molecular flexibility index (Phi) is 4.32. The van der Waals surface area contributed by atoms with Crippen LogP contribution in [0, 0.1) is 23.5 Å². The van der Waals surface area contributed by atoms with Crippen molar-refractivity contribution in [3.8, 4) is 5.75 Å². The van der Waals surface area contributed by atoms with Gasteiger partial charge in [-0.15, -0.1) is 0 Å². The molecule has 0 spiro atoms. The van der Waals surface area contributed by atoms with Gasteiger partial charge in [0, 0.05) is 5.92 Å². The second-order valence-electron chi connectivity index (χ2n) is 7.65. The molecule has 2 unspecified atom stereocenters. The van der Waals surface area contributed by atoms with Crippen LogP contribution in [0.3, 0.4) is 0 Å². The lowest BCUT2D eigenvalue weighted by Crippen LogP contribution is -2.41. The third-order valence-corrected chi connectivity index (χ3v) is 5.23. The highest BCUT2D eigenvalue weighted by atomic mass is 19.1. The van der Waals surface area contributed by atoms with Crippen LogP contribution in [-0.2, 0) is 14.1 Å². The molecule has 2 atom stereocenters. The minimum absolute atomic E-state index is 0.0271. The highest BCUT2D eigenvalue weighted by Crippen LogP contribution is 2.39. The number of hydrogen-bond acceptors (Lipinski definition) is 4. The summed E-state index contributed by atoms with van der Waals surface area (Å²) < 4.78 is 45.3. The fraction of sp³-hybridized carbons (Fsp3) is 0.588. The molecule has 1 aromatic carbocycles. The first-order valence-corrected chi connectivity index (χ1v) is 8.22. The number of rotatable bonds is 5. The van der Waals surface area contributed by atoms with Crippen LogP contribution < -0.4 is 10.2 Å². The highest BCUT2D eigenvalue weighted by Gasteiger charge is 2.52. The Morgan fingerprint density at radius 3 is 2.20 bits per heavy atom. The number of carboxylic acid groups (broad SMARTS) is 1. The fourth-order valence-corrected chi connectivity index (χ4v) is 2.76. The van der Waals surface area contributed by atoms with Gasteiger partial charge in [-0.25, -0.2) is 8.78 Å². The summed E-state index contributed by atoms with van der Waals surface area (Å²) in [4.78, 5) is 10.8. The van der Waals surface area contributed by atoms with Crippen LogP contribution in [0.5, 0.6) is 5.75 Å². The maximum absolute atomic E-state index is 14.3. The summed E-state index contributed by atoms with van der Waals surface area (Å²) in [7, 11) is -0.872. The summed E-state index contributed by atoms with van der Waals surface area (Å²) in [6, 6.07) is 2.25. The quantitative estimate of drug-likeness (QED) is 0.823. The van der Waals surface area contributed by atoms with E-state index in [1.165, 1.54) is 0 Å². The molecular weight excluding hydrogens is 333 g/mol.